The number of carbonyl (C=O) groups excluding carboxylic acids is 1. The van der Waals surface area contributed by atoms with Crippen LogP contribution in [0.3, 0.4) is 0 Å². The van der Waals surface area contributed by atoms with Gasteiger partial charge < -0.3 is 4.74 Å². The molecule has 1 fully saturated rings. The van der Waals surface area contributed by atoms with Gasteiger partial charge in [0, 0.05) is 18.1 Å². The summed E-state index contributed by atoms with van der Waals surface area (Å²) in [6, 6.07) is 7.36. The van der Waals surface area contributed by atoms with Crippen molar-refractivity contribution in [3.05, 3.63) is 34.3 Å². The SMILES string of the molecule is COC(=O)C1CCN(Cc2ccc(C#N)cc2Cl)C1. The summed E-state index contributed by atoms with van der Waals surface area (Å²) in [4.78, 5) is 13.6. The lowest BCUT2D eigenvalue weighted by atomic mass is 10.1. The maximum absolute atomic E-state index is 11.5. The summed E-state index contributed by atoms with van der Waals surface area (Å²) in [5, 5.41) is 9.39. The van der Waals surface area contributed by atoms with E-state index >= 15 is 0 Å². The number of likely N-dealkylation sites (tertiary alicyclic amines) is 1. The zero-order valence-corrected chi connectivity index (χ0v) is 11.5. The van der Waals surface area contributed by atoms with E-state index in [1.54, 1.807) is 12.1 Å². The fraction of sp³-hybridized carbons (Fsp3) is 0.429. The largest absolute Gasteiger partial charge is 0.469 e. The molecule has 0 spiro atoms. The molecule has 0 aliphatic carbocycles. The molecule has 5 heteroatoms. The van der Waals surface area contributed by atoms with Crippen molar-refractivity contribution in [2.45, 2.75) is 13.0 Å². The fourth-order valence-corrected chi connectivity index (χ4v) is 2.56. The van der Waals surface area contributed by atoms with Gasteiger partial charge in [0.15, 0.2) is 0 Å². The van der Waals surface area contributed by atoms with Crippen LogP contribution in [0.4, 0.5) is 0 Å². The van der Waals surface area contributed by atoms with Gasteiger partial charge >= 0.3 is 5.97 Å². The van der Waals surface area contributed by atoms with Crippen molar-refractivity contribution in [3.63, 3.8) is 0 Å². The second kappa shape index (κ2) is 6.05. The van der Waals surface area contributed by atoms with Crippen LogP contribution in [0.5, 0.6) is 0 Å². The second-order valence-electron chi connectivity index (χ2n) is 4.66. The summed E-state index contributed by atoms with van der Waals surface area (Å²) in [5.74, 6) is -0.185. The van der Waals surface area contributed by atoms with Crippen molar-refractivity contribution in [1.29, 1.82) is 5.26 Å². The Morgan fingerprint density at radius 2 is 2.42 bits per heavy atom. The Bertz CT molecular complexity index is 525. The molecule has 0 radical (unpaired) electrons. The van der Waals surface area contributed by atoms with Gasteiger partial charge in [-0.15, -0.1) is 0 Å². The molecule has 0 bridgehead atoms. The van der Waals surface area contributed by atoms with E-state index in [2.05, 4.69) is 11.0 Å². The Kier molecular flexibility index (Phi) is 4.41. The number of hydrogen-bond donors (Lipinski definition) is 0. The molecule has 0 amide bonds. The van der Waals surface area contributed by atoms with Crippen LogP contribution in [-0.4, -0.2) is 31.1 Å². The summed E-state index contributed by atoms with van der Waals surface area (Å²) < 4.78 is 4.76. The molecule has 1 aromatic carbocycles. The molecule has 19 heavy (non-hydrogen) atoms. The number of rotatable bonds is 3. The standard InChI is InChI=1S/C14H15ClN2O2/c1-19-14(18)12-4-5-17(9-12)8-11-3-2-10(7-16)6-13(11)15/h2-3,6,12H,4-5,8-9H2,1H3. The van der Waals surface area contributed by atoms with Crippen molar-refractivity contribution in [2.75, 3.05) is 20.2 Å². The minimum atomic E-state index is -0.145. The van der Waals surface area contributed by atoms with Crippen LogP contribution < -0.4 is 0 Å². The van der Waals surface area contributed by atoms with Crippen molar-refractivity contribution in [3.8, 4) is 6.07 Å². The van der Waals surface area contributed by atoms with Crippen LogP contribution in [0.1, 0.15) is 17.5 Å². The van der Waals surface area contributed by atoms with Crippen molar-refractivity contribution in [2.24, 2.45) is 5.92 Å². The van der Waals surface area contributed by atoms with E-state index in [4.69, 9.17) is 21.6 Å². The van der Waals surface area contributed by atoms with Crippen molar-refractivity contribution in [1.82, 2.24) is 4.90 Å². The van der Waals surface area contributed by atoms with Gasteiger partial charge in [0.1, 0.15) is 0 Å². The van der Waals surface area contributed by atoms with Crippen LogP contribution in [0, 0.1) is 17.2 Å². The van der Waals surface area contributed by atoms with Gasteiger partial charge in [0.2, 0.25) is 0 Å². The van der Waals surface area contributed by atoms with Crippen LogP contribution in [-0.2, 0) is 16.1 Å². The van der Waals surface area contributed by atoms with Crippen LogP contribution in [0.25, 0.3) is 0 Å². The van der Waals surface area contributed by atoms with Crippen LogP contribution in [0.15, 0.2) is 18.2 Å². The topological polar surface area (TPSA) is 53.3 Å². The Balaban J connectivity index is 2.00. The maximum Gasteiger partial charge on any atom is 0.310 e. The lowest BCUT2D eigenvalue weighted by Gasteiger charge is -2.16. The summed E-state index contributed by atoms with van der Waals surface area (Å²) >= 11 is 6.14. The number of hydrogen-bond acceptors (Lipinski definition) is 4. The van der Waals surface area contributed by atoms with Gasteiger partial charge in [0.25, 0.3) is 0 Å². The predicted octanol–water partition coefficient (Wildman–Crippen LogP) is 2.21. The van der Waals surface area contributed by atoms with E-state index in [-0.39, 0.29) is 11.9 Å². The van der Waals surface area contributed by atoms with Gasteiger partial charge in [-0.05, 0) is 30.7 Å². The molecular weight excluding hydrogens is 264 g/mol. The molecule has 1 aliphatic heterocycles. The molecule has 4 nitrogen and oxygen atoms in total. The smallest absolute Gasteiger partial charge is 0.310 e. The van der Waals surface area contributed by atoms with E-state index in [1.165, 1.54) is 7.11 Å². The number of nitrogens with zero attached hydrogens (tertiary/aromatic N) is 2. The number of carbonyl (C=O) groups is 1. The highest BCUT2D eigenvalue weighted by molar-refractivity contribution is 6.31. The highest BCUT2D eigenvalue weighted by Crippen LogP contribution is 2.24. The van der Waals surface area contributed by atoms with Crippen molar-refractivity contribution < 1.29 is 9.53 Å². The van der Waals surface area contributed by atoms with E-state index in [0.29, 0.717) is 23.7 Å². The Labute approximate surface area is 117 Å². The first kappa shape index (κ1) is 13.9. The van der Waals surface area contributed by atoms with Crippen molar-refractivity contribution >= 4 is 17.6 Å². The normalized spacial score (nSPS) is 19.1. The predicted molar refractivity (Wildman–Crippen MR) is 71.6 cm³/mol. The zero-order chi connectivity index (χ0) is 13.8. The lowest BCUT2D eigenvalue weighted by molar-refractivity contribution is -0.144. The van der Waals surface area contributed by atoms with Crippen LogP contribution in [0.2, 0.25) is 5.02 Å². The van der Waals surface area contributed by atoms with Gasteiger partial charge in [-0.25, -0.2) is 0 Å². The molecule has 2 rings (SSSR count). The number of methoxy groups -OCH3 is 1. The van der Waals surface area contributed by atoms with E-state index in [0.717, 1.165) is 18.5 Å². The summed E-state index contributed by atoms with van der Waals surface area (Å²) in [6.45, 7) is 2.25. The molecule has 1 atom stereocenters. The zero-order valence-electron chi connectivity index (χ0n) is 10.7. The third kappa shape index (κ3) is 3.25. The van der Waals surface area contributed by atoms with E-state index in [9.17, 15) is 4.79 Å². The van der Waals surface area contributed by atoms with Crippen LogP contribution >= 0.6 is 11.6 Å². The average Bonchev–Trinajstić information content (AvgIpc) is 2.88. The fourth-order valence-electron chi connectivity index (χ4n) is 2.32. The molecule has 1 aromatic rings. The highest BCUT2D eigenvalue weighted by atomic mass is 35.5. The first-order chi connectivity index (χ1) is 9.13. The minimum Gasteiger partial charge on any atom is -0.469 e. The molecule has 1 aliphatic rings. The maximum atomic E-state index is 11.5. The summed E-state index contributed by atoms with van der Waals surface area (Å²) in [7, 11) is 1.42. The van der Waals surface area contributed by atoms with E-state index < -0.39 is 0 Å². The molecule has 0 N–H and O–H groups in total. The number of esters is 1. The number of nitriles is 1. The number of ether oxygens (including phenoxy) is 1. The van der Waals surface area contributed by atoms with Gasteiger partial charge in [0.05, 0.1) is 24.7 Å². The Hall–Kier alpha value is -1.57. The molecule has 1 unspecified atom stereocenters. The minimum absolute atomic E-state index is 0.0397. The lowest BCUT2D eigenvalue weighted by Crippen LogP contribution is -2.23. The molecule has 1 heterocycles. The number of halogens is 1. The third-order valence-corrected chi connectivity index (χ3v) is 3.73. The first-order valence-electron chi connectivity index (χ1n) is 6.12. The molecule has 0 saturated carbocycles. The van der Waals surface area contributed by atoms with Gasteiger partial charge in [-0.3, -0.25) is 9.69 Å². The van der Waals surface area contributed by atoms with Gasteiger partial charge in [-0.1, -0.05) is 17.7 Å². The molecule has 0 aromatic heterocycles. The third-order valence-electron chi connectivity index (χ3n) is 3.38. The monoisotopic (exact) mass is 278 g/mol. The first-order valence-corrected chi connectivity index (χ1v) is 6.50. The molecule has 100 valence electrons. The highest BCUT2D eigenvalue weighted by Gasteiger charge is 2.29. The summed E-state index contributed by atoms with van der Waals surface area (Å²) in [5.41, 5.74) is 1.54. The quantitative estimate of drug-likeness (QED) is 0.796. The Morgan fingerprint density at radius 1 is 1.63 bits per heavy atom. The molecular formula is C14H15ClN2O2. The Morgan fingerprint density at radius 3 is 3.05 bits per heavy atom. The van der Waals surface area contributed by atoms with Gasteiger partial charge in [-0.2, -0.15) is 5.26 Å². The average molecular weight is 279 g/mol. The summed E-state index contributed by atoms with van der Waals surface area (Å²) in [6.07, 6.45) is 0.820. The second-order valence-corrected chi connectivity index (χ2v) is 5.07. The van der Waals surface area contributed by atoms with E-state index in [1.807, 2.05) is 6.07 Å². The number of benzene rings is 1. The molecule has 1 saturated heterocycles.